The molecule has 5 rings (SSSR count). The molecule has 2 aliphatic carbocycles. The van der Waals surface area contributed by atoms with E-state index in [1.807, 2.05) is 24.3 Å². The summed E-state index contributed by atoms with van der Waals surface area (Å²) in [4.78, 5) is 12.5. The molecule has 1 saturated carbocycles. The molecule has 0 aromatic heterocycles. The topological polar surface area (TPSA) is 58.6 Å². The van der Waals surface area contributed by atoms with E-state index in [9.17, 15) is 9.90 Å². The minimum Gasteiger partial charge on any atom is -0.497 e. The van der Waals surface area contributed by atoms with Crippen molar-refractivity contribution in [2.24, 2.45) is 0 Å². The van der Waals surface area contributed by atoms with Gasteiger partial charge in [-0.1, -0.05) is 54.1 Å². The van der Waals surface area contributed by atoms with Crippen LogP contribution in [0.1, 0.15) is 48.3 Å². The van der Waals surface area contributed by atoms with Crippen LogP contribution in [0.5, 0.6) is 5.75 Å². The number of carbonyl (C=O) groups is 1. The Hall–Kier alpha value is -2.98. The number of anilines is 1. The first-order valence-corrected chi connectivity index (χ1v) is 11.8. The molecule has 3 aromatic rings. The summed E-state index contributed by atoms with van der Waals surface area (Å²) in [6.45, 7) is 0. The second kappa shape index (κ2) is 8.42. The summed E-state index contributed by atoms with van der Waals surface area (Å²) in [6, 6.07) is 24.4. The fourth-order valence-electron chi connectivity index (χ4n) is 6.04. The Morgan fingerprint density at radius 1 is 1.00 bits per heavy atom. The van der Waals surface area contributed by atoms with Crippen LogP contribution in [0.15, 0.2) is 72.8 Å². The van der Waals surface area contributed by atoms with Crippen molar-refractivity contribution in [2.45, 2.75) is 49.0 Å². The highest BCUT2D eigenvalue weighted by atomic mass is 35.5. The van der Waals surface area contributed by atoms with E-state index >= 15 is 0 Å². The van der Waals surface area contributed by atoms with E-state index in [1.165, 1.54) is 16.7 Å². The number of fused-ring (bicyclic) bond motifs is 2. The van der Waals surface area contributed by atoms with Gasteiger partial charge in [-0.2, -0.15) is 0 Å². The van der Waals surface area contributed by atoms with Gasteiger partial charge in [0, 0.05) is 16.1 Å². The van der Waals surface area contributed by atoms with Crippen LogP contribution in [0.3, 0.4) is 0 Å². The van der Waals surface area contributed by atoms with Crippen molar-refractivity contribution < 1.29 is 14.6 Å². The first-order valence-electron chi connectivity index (χ1n) is 11.5. The number of nitrogens with one attached hydrogen (secondary N) is 1. The van der Waals surface area contributed by atoms with Crippen molar-refractivity contribution in [3.05, 3.63) is 94.5 Å². The Morgan fingerprint density at radius 3 is 2.39 bits per heavy atom. The summed E-state index contributed by atoms with van der Waals surface area (Å²) in [5.74, 6) is 0.367. The SMILES string of the molecule is COc1ccc([C@H]2Cc3ccccc3C23CCC(Nc2cccc(Cl)c2)(C(=O)O)CC3)cc1. The van der Waals surface area contributed by atoms with Gasteiger partial charge >= 0.3 is 5.97 Å². The van der Waals surface area contributed by atoms with Gasteiger partial charge in [0.25, 0.3) is 0 Å². The number of rotatable bonds is 5. The number of benzene rings is 3. The quantitative estimate of drug-likeness (QED) is 0.459. The van der Waals surface area contributed by atoms with Crippen LogP contribution in [-0.4, -0.2) is 23.7 Å². The van der Waals surface area contributed by atoms with Crippen molar-refractivity contribution in [3.63, 3.8) is 0 Å². The Balaban J connectivity index is 1.49. The lowest BCUT2D eigenvalue weighted by Crippen LogP contribution is -2.52. The second-order valence-corrected chi connectivity index (χ2v) is 9.80. The molecule has 1 spiro atoms. The van der Waals surface area contributed by atoms with Gasteiger partial charge in [-0.05, 0) is 85.0 Å². The van der Waals surface area contributed by atoms with Crippen LogP contribution in [0.2, 0.25) is 5.02 Å². The zero-order valence-corrected chi connectivity index (χ0v) is 19.4. The average Bonchev–Trinajstić information content (AvgIpc) is 3.15. The predicted octanol–water partition coefficient (Wildman–Crippen LogP) is 6.44. The molecule has 0 saturated heterocycles. The summed E-state index contributed by atoms with van der Waals surface area (Å²) in [6.07, 6.45) is 3.69. The molecule has 1 atom stereocenters. The molecule has 2 N–H and O–H groups in total. The molecule has 5 heteroatoms. The number of hydrogen-bond donors (Lipinski definition) is 2. The summed E-state index contributed by atoms with van der Waals surface area (Å²) in [7, 11) is 1.68. The van der Waals surface area contributed by atoms with Crippen molar-refractivity contribution in [2.75, 3.05) is 12.4 Å². The molecule has 0 heterocycles. The fraction of sp³-hybridized carbons (Fsp3) is 0.321. The zero-order chi connectivity index (χ0) is 23.1. The monoisotopic (exact) mass is 461 g/mol. The molecule has 0 aliphatic heterocycles. The summed E-state index contributed by atoms with van der Waals surface area (Å²) in [5.41, 5.74) is 3.73. The Labute approximate surface area is 199 Å². The lowest BCUT2D eigenvalue weighted by Gasteiger charge is -2.47. The van der Waals surface area contributed by atoms with Gasteiger partial charge < -0.3 is 15.2 Å². The fourth-order valence-corrected chi connectivity index (χ4v) is 6.23. The van der Waals surface area contributed by atoms with E-state index in [1.54, 1.807) is 19.2 Å². The van der Waals surface area contributed by atoms with Crippen LogP contribution in [-0.2, 0) is 16.6 Å². The molecule has 170 valence electrons. The smallest absolute Gasteiger partial charge is 0.329 e. The highest BCUT2D eigenvalue weighted by Crippen LogP contribution is 2.58. The summed E-state index contributed by atoms with van der Waals surface area (Å²) >= 11 is 6.15. The normalized spacial score (nSPS) is 26.1. The number of ether oxygens (including phenoxy) is 1. The highest BCUT2D eigenvalue weighted by Gasteiger charge is 2.54. The third kappa shape index (κ3) is 3.76. The molecular weight excluding hydrogens is 434 g/mol. The molecule has 2 aliphatic rings. The summed E-state index contributed by atoms with van der Waals surface area (Å²) < 4.78 is 5.37. The van der Waals surface area contributed by atoms with Crippen LogP contribution in [0.4, 0.5) is 5.69 Å². The van der Waals surface area contributed by atoms with E-state index in [0.717, 1.165) is 30.7 Å². The van der Waals surface area contributed by atoms with Gasteiger partial charge in [0.2, 0.25) is 0 Å². The number of aliphatic carboxylic acids is 1. The van der Waals surface area contributed by atoms with Gasteiger partial charge in [0.05, 0.1) is 7.11 Å². The average molecular weight is 462 g/mol. The number of carboxylic acid groups (broad SMARTS) is 1. The number of halogens is 1. The third-order valence-electron chi connectivity index (χ3n) is 7.78. The van der Waals surface area contributed by atoms with E-state index in [4.69, 9.17) is 16.3 Å². The Morgan fingerprint density at radius 2 is 1.73 bits per heavy atom. The third-order valence-corrected chi connectivity index (χ3v) is 8.01. The van der Waals surface area contributed by atoms with Crippen LogP contribution < -0.4 is 10.1 Å². The van der Waals surface area contributed by atoms with E-state index in [0.29, 0.717) is 23.8 Å². The molecule has 0 radical (unpaired) electrons. The lowest BCUT2D eigenvalue weighted by atomic mass is 9.59. The van der Waals surface area contributed by atoms with E-state index in [-0.39, 0.29) is 5.41 Å². The van der Waals surface area contributed by atoms with Gasteiger partial charge in [-0.25, -0.2) is 4.79 Å². The van der Waals surface area contributed by atoms with Crippen LogP contribution in [0, 0.1) is 0 Å². The van der Waals surface area contributed by atoms with E-state index < -0.39 is 11.5 Å². The van der Waals surface area contributed by atoms with Crippen LogP contribution in [0.25, 0.3) is 0 Å². The molecule has 0 unspecified atom stereocenters. The van der Waals surface area contributed by atoms with Crippen molar-refractivity contribution in [1.82, 2.24) is 0 Å². The maximum Gasteiger partial charge on any atom is 0.329 e. The van der Waals surface area contributed by atoms with Crippen molar-refractivity contribution >= 4 is 23.3 Å². The minimum absolute atomic E-state index is 0.0693. The maximum absolute atomic E-state index is 12.5. The Kier molecular flexibility index (Phi) is 5.57. The molecular formula is C28H28ClNO3. The maximum atomic E-state index is 12.5. The van der Waals surface area contributed by atoms with Crippen LogP contribution >= 0.6 is 11.6 Å². The highest BCUT2D eigenvalue weighted by molar-refractivity contribution is 6.30. The molecule has 0 amide bonds. The van der Waals surface area contributed by atoms with Gasteiger partial charge in [0.1, 0.15) is 11.3 Å². The Bertz CT molecular complexity index is 1170. The van der Waals surface area contributed by atoms with Gasteiger partial charge in [-0.3, -0.25) is 0 Å². The number of hydrogen-bond acceptors (Lipinski definition) is 3. The second-order valence-electron chi connectivity index (χ2n) is 9.37. The molecule has 1 fully saturated rings. The number of carboxylic acids is 1. The van der Waals surface area contributed by atoms with E-state index in [2.05, 4.69) is 41.7 Å². The largest absolute Gasteiger partial charge is 0.497 e. The first kappa shape index (κ1) is 21.8. The number of methoxy groups -OCH3 is 1. The van der Waals surface area contributed by atoms with Gasteiger partial charge in [0.15, 0.2) is 0 Å². The minimum atomic E-state index is -1.00. The molecule has 4 nitrogen and oxygen atoms in total. The lowest BCUT2D eigenvalue weighted by molar-refractivity contribution is -0.144. The molecule has 3 aromatic carbocycles. The zero-order valence-electron chi connectivity index (χ0n) is 18.7. The molecule has 33 heavy (non-hydrogen) atoms. The predicted molar refractivity (Wildman–Crippen MR) is 131 cm³/mol. The molecule has 0 bridgehead atoms. The van der Waals surface area contributed by atoms with Crippen molar-refractivity contribution in [3.8, 4) is 5.75 Å². The summed E-state index contributed by atoms with van der Waals surface area (Å²) in [5, 5.41) is 14.2. The van der Waals surface area contributed by atoms with Crippen molar-refractivity contribution in [1.29, 1.82) is 0 Å². The standard InChI is InChI=1S/C28H28ClNO3/c1-33-23-11-9-19(10-12-23)25-17-20-5-2-3-8-24(20)27(25)13-15-28(16-14-27,26(31)32)30-22-7-4-6-21(29)18-22/h2-12,18,25,30H,13-17H2,1H3,(H,31,32)/t25-,27?,28?/m1/s1. The first-order chi connectivity index (χ1) is 16.0. The van der Waals surface area contributed by atoms with Gasteiger partial charge in [-0.15, -0.1) is 0 Å².